The van der Waals surface area contributed by atoms with Gasteiger partial charge in [-0.25, -0.2) is 15.0 Å². The Bertz CT molecular complexity index is 897. The van der Waals surface area contributed by atoms with E-state index in [1.807, 2.05) is 19.9 Å². The van der Waals surface area contributed by atoms with E-state index >= 15 is 0 Å². The van der Waals surface area contributed by atoms with Crippen LogP contribution < -0.4 is 10.5 Å². The van der Waals surface area contributed by atoms with Crippen molar-refractivity contribution in [2.24, 2.45) is 5.73 Å². The Labute approximate surface area is 138 Å². The maximum Gasteiger partial charge on any atom is 0.241 e. The van der Waals surface area contributed by atoms with Crippen LogP contribution in [-0.2, 0) is 4.79 Å². The highest BCUT2D eigenvalue weighted by Crippen LogP contribution is 2.22. The predicted molar refractivity (Wildman–Crippen MR) is 91.1 cm³/mol. The number of aromatic amines is 1. The summed E-state index contributed by atoms with van der Waals surface area (Å²) >= 11 is 0. The Kier molecular flexibility index (Phi) is 4.24. The van der Waals surface area contributed by atoms with Gasteiger partial charge in [-0.15, -0.1) is 0 Å². The molecule has 3 rings (SSSR count). The van der Waals surface area contributed by atoms with Gasteiger partial charge in [-0.1, -0.05) is 0 Å². The first-order chi connectivity index (χ1) is 11.5. The van der Waals surface area contributed by atoms with Gasteiger partial charge in [0.15, 0.2) is 5.65 Å². The van der Waals surface area contributed by atoms with Crippen molar-refractivity contribution in [3.8, 4) is 17.1 Å². The van der Waals surface area contributed by atoms with Crippen molar-refractivity contribution in [3.05, 3.63) is 42.4 Å². The summed E-state index contributed by atoms with van der Waals surface area (Å²) in [6.45, 7) is 3.89. The van der Waals surface area contributed by atoms with E-state index in [9.17, 15) is 4.79 Å². The van der Waals surface area contributed by atoms with E-state index < -0.39 is 5.91 Å². The van der Waals surface area contributed by atoms with Crippen LogP contribution in [0.25, 0.3) is 28.5 Å². The molecule has 0 saturated carbocycles. The highest BCUT2D eigenvalue weighted by Gasteiger charge is 2.08. The number of rotatable bonds is 5. The lowest BCUT2D eigenvalue weighted by molar-refractivity contribution is -0.113. The first-order valence-corrected chi connectivity index (χ1v) is 7.47. The third-order valence-electron chi connectivity index (χ3n) is 3.23. The number of nitrogens with zero attached hydrogens (tertiary/aromatic N) is 3. The monoisotopic (exact) mass is 323 g/mol. The van der Waals surface area contributed by atoms with Crippen LogP contribution in [0.15, 0.2) is 36.8 Å². The molecule has 3 aromatic rings. The van der Waals surface area contributed by atoms with Crippen LogP contribution in [0.1, 0.15) is 19.4 Å². The molecular weight excluding hydrogens is 306 g/mol. The number of amides is 1. The maximum absolute atomic E-state index is 10.9. The van der Waals surface area contributed by atoms with Crippen molar-refractivity contribution >= 4 is 23.1 Å². The molecule has 3 N–H and O–H groups in total. The van der Waals surface area contributed by atoms with E-state index in [1.165, 1.54) is 6.08 Å². The van der Waals surface area contributed by atoms with Gasteiger partial charge < -0.3 is 15.5 Å². The number of aromatic nitrogens is 4. The van der Waals surface area contributed by atoms with Crippen molar-refractivity contribution in [3.63, 3.8) is 0 Å². The minimum Gasteiger partial charge on any atom is -0.475 e. The lowest BCUT2D eigenvalue weighted by Crippen LogP contribution is -2.06. The van der Waals surface area contributed by atoms with Gasteiger partial charge in [0.2, 0.25) is 11.8 Å². The third kappa shape index (κ3) is 3.40. The largest absolute Gasteiger partial charge is 0.475 e. The van der Waals surface area contributed by atoms with Gasteiger partial charge in [-0.2, -0.15) is 0 Å². The number of fused-ring (bicyclic) bond motifs is 1. The number of nitrogens with one attached hydrogen (secondary N) is 1. The van der Waals surface area contributed by atoms with Crippen LogP contribution in [0.4, 0.5) is 0 Å². The molecule has 7 heteroatoms. The smallest absolute Gasteiger partial charge is 0.241 e. The van der Waals surface area contributed by atoms with E-state index in [0.717, 1.165) is 11.1 Å². The molecule has 0 atom stereocenters. The van der Waals surface area contributed by atoms with E-state index in [0.29, 0.717) is 22.7 Å². The Morgan fingerprint density at radius 1 is 1.29 bits per heavy atom. The molecule has 0 aliphatic carbocycles. The van der Waals surface area contributed by atoms with Crippen molar-refractivity contribution in [1.82, 2.24) is 19.9 Å². The normalized spacial score (nSPS) is 11.5. The summed E-state index contributed by atoms with van der Waals surface area (Å²) in [6, 6.07) is 3.68. The third-order valence-corrected chi connectivity index (χ3v) is 3.23. The summed E-state index contributed by atoms with van der Waals surface area (Å²) < 4.78 is 5.53. The lowest BCUT2D eigenvalue weighted by atomic mass is 10.2. The van der Waals surface area contributed by atoms with Gasteiger partial charge >= 0.3 is 0 Å². The summed E-state index contributed by atoms with van der Waals surface area (Å²) in [5.41, 5.74) is 8.67. The van der Waals surface area contributed by atoms with E-state index in [4.69, 9.17) is 10.5 Å². The number of pyridine rings is 1. The van der Waals surface area contributed by atoms with Crippen molar-refractivity contribution < 1.29 is 9.53 Å². The molecule has 7 nitrogen and oxygen atoms in total. The molecule has 3 aromatic heterocycles. The minimum atomic E-state index is -0.515. The number of carbonyl (C=O) groups excluding carboxylic acids is 1. The maximum atomic E-state index is 10.9. The summed E-state index contributed by atoms with van der Waals surface area (Å²) in [5, 5.41) is 0. The number of hydrogen-bond donors (Lipinski definition) is 2. The van der Waals surface area contributed by atoms with E-state index in [2.05, 4.69) is 19.9 Å². The second kappa shape index (κ2) is 6.49. The molecule has 0 radical (unpaired) electrons. The molecule has 0 unspecified atom stereocenters. The molecule has 0 spiro atoms. The molecule has 0 aliphatic rings. The number of ether oxygens (including phenoxy) is 1. The molecule has 3 heterocycles. The van der Waals surface area contributed by atoms with Crippen LogP contribution >= 0.6 is 0 Å². The highest BCUT2D eigenvalue weighted by atomic mass is 16.5. The Morgan fingerprint density at radius 3 is 2.79 bits per heavy atom. The number of carbonyl (C=O) groups is 1. The highest BCUT2D eigenvalue weighted by molar-refractivity contribution is 5.93. The van der Waals surface area contributed by atoms with Gasteiger partial charge in [0.25, 0.3) is 0 Å². The standard InChI is InChI=1S/C17H17N5O2/c1-10(2)24-15-6-4-11(7-19-15)13-9-21-17-16(22-13)12(8-20-17)3-5-14(18)23/h3-10H,1-2H3,(H2,18,23)(H,20,21). The van der Waals surface area contributed by atoms with Crippen LogP contribution in [0.5, 0.6) is 5.88 Å². The second-order valence-corrected chi connectivity index (χ2v) is 5.48. The van der Waals surface area contributed by atoms with Crippen LogP contribution in [0.3, 0.4) is 0 Å². The molecule has 24 heavy (non-hydrogen) atoms. The SMILES string of the molecule is CC(C)Oc1ccc(-c2cnc3[nH]cc(C=CC(N)=O)c3n2)cn1. The molecule has 0 bridgehead atoms. The fourth-order valence-electron chi connectivity index (χ4n) is 2.19. The van der Waals surface area contributed by atoms with Gasteiger partial charge in [-0.3, -0.25) is 4.79 Å². The van der Waals surface area contributed by atoms with Crippen LogP contribution in [0.2, 0.25) is 0 Å². The zero-order valence-corrected chi connectivity index (χ0v) is 13.4. The first kappa shape index (κ1) is 15.7. The fraction of sp³-hybridized carbons (Fsp3) is 0.176. The van der Waals surface area contributed by atoms with E-state index in [-0.39, 0.29) is 6.10 Å². The Hall–Kier alpha value is -3.22. The molecule has 0 saturated heterocycles. The van der Waals surface area contributed by atoms with Gasteiger partial charge in [0, 0.05) is 35.7 Å². The van der Waals surface area contributed by atoms with Crippen LogP contribution in [0, 0.1) is 0 Å². The van der Waals surface area contributed by atoms with Gasteiger partial charge in [-0.05, 0) is 26.0 Å². The van der Waals surface area contributed by atoms with Crippen molar-refractivity contribution in [2.75, 3.05) is 0 Å². The Balaban J connectivity index is 1.95. The summed E-state index contributed by atoms with van der Waals surface area (Å²) in [4.78, 5) is 27.1. The van der Waals surface area contributed by atoms with Gasteiger partial charge in [0.1, 0.15) is 5.52 Å². The van der Waals surface area contributed by atoms with Gasteiger partial charge in [0.05, 0.1) is 18.0 Å². The summed E-state index contributed by atoms with van der Waals surface area (Å²) in [5.74, 6) is 0.0490. The number of hydrogen-bond acceptors (Lipinski definition) is 5. The molecule has 122 valence electrons. The molecule has 0 fully saturated rings. The molecule has 0 aromatic carbocycles. The second-order valence-electron chi connectivity index (χ2n) is 5.48. The number of H-pyrrole nitrogens is 1. The number of nitrogens with two attached hydrogens (primary N) is 1. The molecular formula is C17H17N5O2. The van der Waals surface area contributed by atoms with E-state index in [1.54, 1.807) is 30.7 Å². The topological polar surface area (TPSA) is 107 Å². The minimum absolute atomic E-state index is 0.0685. The van der Waals surface area contributed by atoms with Crippen molar-refractivity contribution in [1.29, 1.82) is 0 Å². The predicted octanol–water partition coefficient (Wildman–Crippen LogP) is 2.31. The summed E-state index contributed by atoms with van der Waals surface area (Å²) in [7, 11) is 0. The first-order valence-electron chi connectivity index (χ1n) is 7.47. The fourth-order valence-corrected chi connectivity index (χ4v) is 2.19. The Morgan fingerprint density at radius 2 is 2.12 bits per heavy atom. The average Bonchev–Trinajstić information content (AvgIpc) is 2.95. The zero-order valence-electron chi connectivity index (χ0n) is 13.4. The quantitative estimate of drug-likeness (QED) is 0.701. The average molecular weight is 323 g/mol. The zero-order chi connectivity index (χ0) is 17.1. The van der Waals surface area contributed by atoms with Crippen LogP contribution in [-0.4, -0.2) is 31.9 Å². The molecule has 0 aliphatic heterocycles. The summed E-state index contributed by atoms with van der Waals surface area (Å²) in [6.07, 6.45) is 8.05. The lowest BCUT2D eigenvalue weighted by Gasteiger charge is -2.08. The molecule has 1 amide bonds. The number of primary amides is 1. The van der Waals surface area contributed by atoms with Crippen molar-refractivity contribution in [2.45, 2.75) is 20.0 Å².